The van der Waals surface area contributed by atoms with E-state index in [9.17, 15) is 24.0 Å². The number of methoxy groups -OCH3 is 2. The van der Waals surface area contributed by atoms with Crippen LogP contribution in [0.1, 0.15) is 91.7 Å². The number of nitrogens with zero attached hydrogens (tertiary/aromatic N) is 3. The van der Waals surface area contributed by atoms with Gasteiger partial charge in [0.15, 0.2) is 0 Å². The molecular formula is C49H79N7O7. The SMILES string of the molecule is CC[C@H](C)[C@@H]([C@@H](CC(=O)N1CCC[C@H]1[C@H](OC)[C@@H](C)C(=O)N[C@@H](Cc1ccccc1)C(=O)NCCCc1ccc(N)cc1)OC)N(C)C(=O)[C@@H](NC(=O)[C@H](C(C)C)N(C)C)C(C)C. The van der Waals surface area contributed by atoms with E-state index in [0.717, 1.165) is 36.8 Å². The summed E-state index contributed by atoms with van der Waals surface area (Å²) in [7, 11) is 8.55. The van der Waals surface area contributed by atoms with E-state index in [4.69, 9.17) is 15.2 Å². The number of anilines is 1. The first-order valence-corrected chi connectivity index (χ1v) is 22.9. The maximum Gasteiger partial charge on any atom is 0.245 e. The monoisotopic (exact) mass is 878 g/mol. The van der Waals surface area contributed by atoms with Gasteiger partial charge in [0.05, 0.1) is 42.7 Å². The maximum absolute atomic E-state index is 14.4. The highest BCUT2D eigenvalue weighted by atomic mass is 16.5. The second kappa shape index (κ2) is 25.7. The highest BCUT2D eigenvalue weighted by molar-refractivity contribution is 5.90. The molecule has 5 amide bonds. The van der Waals surface area contributed by atoms with Crippen molar-refractivity contribution in [1.29, 1.82) is 0 Å². The zero-order valence-electron chi connectivity index (χ0n) is 40.2. The van der Waals surface area contributed by atoms with Crippen LogP contribution in [0.5, 0.6) is 0 Å². The quantitative estimate of drug-likeness (QED) is 0.0815. The summed E-state index contributed by atoms with van der Waals surface area (Å²) < 4.78 is 12.1. The van der Waals surface area contributed by atoms with Gasteiger partial charge in [-0.3, -0.25) is 28.9 Å². The molecule has 0 aromatic heterocycles. The third-order valence-electron chi connectivity index (χ3n) is 12.8. The minimum atomic E-state index is -0.828. The van der Waals surface area contributed by atoms with E-state index < -0.39 is 48.3 Å². The van der Waals surface area contributed by atoms with Crippen LogP contribution in [-0.2, 0) is 46.3 Å². The minimum Gasteiger partial charge on any atom is -0.399 e. The van der Waals surface area contributed by atoms with Crippen LogP contribution < -0.4 is 21.7 Å². The van der Waals surface area contributed by atoms with Crippen LogP contribution in [0.15, 0.2) is 54.6 Å². The first-order valence-electron chi connectivity index (χ1n) is 22.9. The van der Waals surface area contributed by atoms with Crippen LogP contribution in [0.2, 0.25) is 0 Å². The minimum absolute atomic E-state index is 0.00302. The Morgan fingerprint density at radius 3 is 2.03 bits per heavy atom. The number of benzene rings is 2. The number of hydrogen-bond donors (Lipinski definition) is 4. The second-order valence-electron chi connectivity index (χ2n) is 18.4. The molecule has 1 heterocycles. The molecule has 2 aromatic rings. The Kier molecular flexibility index (Phi) is 21.5. The molecule has 0 saturated carbocycles. The molecule has 0 spiro atoms. The van der Waals surface area contributed by atoms with E-state index >= 15 is 0 Å². The fourth-order valence-electron chi connectivity index (χ4n) is 9.09. The summed E-state index contributed by atoms with van der Waals surface area (Å²) >= 11 is 0. The number of ether oxygens (including phenoxy) is 2. The smallest absolute Gasteiger partial charge is 0.245 e. The highest BCUT2D eigenvalue weighted by Gasteiger charge is 2.43. The number of aryl methyl sites for hydroxylation is 1. The number of likely N-dealkylation sites (tertiary alicyclic amines) is 1. The van der Waals surface area contributed by atoms with Crippen molar-refractivity contribution in [3.63, 3.8) is 0 Å². The molecule has 0 bridgehead atoms. The van der Waals surface area contributed by atoms with Crippen molar-refractivity contribution in [3.05, 3.63) is 65.7 Å². The van der Waals surface area contributed by atoms with Gasteiger partial charge in [-0.1, -0.05) is 97.4 Å². The van der Waals surface area contributed by atoms with Gasteiger partial charge in [-0.25, -0.2) is 0 Å². The Morgan fingerprint density at radius 2 is 1.48 bits per heavy atom. The normalized spacial score (nSPS) is 18.0. The summed E-state index contributed by atoms with van der Waals surface area (Å²) in [4.78, 5) is 75.3. The van der Waals surface area contributed by atoms with Crippen molar-refractivity contribution in [3.8, 4) is 0 Å². The van der Waals surface area contributed by atoms with E-state index in [1.54, 1.807) is 38.0 Å². The molecule has 14 heteroatoms. The van der Waals surface area contributed by atoms with Crippen molar-refractivity contribution < 1.29 is 33.4 Å². The fourth-order valence-corrected chi connectivity index (χ4v) is 9.09. The van der Waals surface area contributed by atoms with Gasteiger partial charge in [-0.15, -0.1) is 0 Å². The van der Waals surface area contributed by atoms with Gasteiger partial charge in [0.25, 0.3) is 0 Å². The number of nitrogens with one attached hydrogen (secondary N) is 3. The molecule has 352 valence electrons. The predicted molar refractivity (Wildman–Crippen MR) is 249 cm³/mol. The third-order valence-corrected chi connectivity index (χ3v) is 12.8. The summed E-state index contributed by atoms with van der Waals surface area (Å²) in [5.41, 5.74) is 8.56. The van der Waals surface area contributed by atoms with Crippen LogP contribution >= 0.6 is 0 Å². The van der Waals surface area contributed by atoms with E-state index in [2.05, 4.69) is 16.0 Å². The first kappa shape index (κ1) is 52.8. The van der Waals surface area contributed by atoms with Crippen molar-refractivity contribution in [2.45, 2.75) is 136 Å². The molecule has 0 unspecified atom stereocenters. The number of nitrogens with two attached hydrogens (primary N) is 1. The van der Waals surface area contributed by atoms with E-state index in [1.165, 1.54) is 0 Å². The average molecular weight is 878 g/mol. The van der Waals surface area contributed by atoms with Gasteiger partial charge in [0.2, 0.25) is 29.5 Å². The van der Waals surface area contributed by atoms with Crippen LogP contribution in [0.25, 0.3) is 0 Å². The van der Waals surface area contributed by atoms with Gasteiger partial charge in [0.1, 0.15) is 12.1 Å². The Hall–Kier alpha value is -4.53. The van der Waals surface area contributed by atoms with Crippen molar-refractivity contribution in [1.82, 2.24) is 30.7 Å². The molecule has 63 heavy (non-hydrogen) atoms. The van der Waals surface area contributed by atoms with Crippen molar-refractivity contribution in [2.75, 3.05) is 54.2 Å². The van der Waals surface area contributed by atoms with Crippen LogP contribution in [0.4, 0.5) is 5.69 Å². The summed E-state index contributed by atoms with van der Waals surface area (Å²) in [5, 5.41) is 9.09. The lowest BCUT2D eigenvalue weighted by atomic mass is 9.89. The molecule has 1 aliphatic rings. The molecule has 2 aromatic carbocycles. The predicted octanol–water partition coefficient (Wildman–Crippen LogP) is 4.69. The second-order valence-corrected chi connectivity index (χ2v) is 18.4. The Morgan fingerprint density at radius 1 is 0.825 bits per heavy atom. The standard InChI is InChI=1S/C49H79N7O7/c1-13-33(6)44(55(10)49(61)42(31(2)3)53-48(60)43(32(4)5)54(8)9)40(62-11)30-41(57)56-28-18-22-39(56)45(63-12)34(7)46(58)52-38(29-36-19-15-14-16-20-36)47(59)51-27-17-21-35-23-25-37(50)26-24-35/h14-16,19-20,23-26,31-34,38-40,42-45H,13,17-18,21-22,27-30,50H2,1-12H3,(H,51,59)(H,52,58)(H,53,60)/t33-,34+,38-,39-,40+,42-,43-,44-,45+/m0/s1. The van der Waals surface area contributed by atoms with Gasteiger partial charge < -0.3 is 41.0 Å². The van der Waals surface area contributed by atoms with E-state index in [-0.39, 0.29) is 53.7 Å². The topological polar surface area (TPSA) is 176 Å². The lowest BCUT2D eigenvalue weighted by Crippen LogP contribution is -2.59. The van der Waals surface area contributed by atoms with Crippen LogP contribution in [-0.4, -0.2) is 135 Å². The Labute approximate surface area is 377 Å². The van der Waals surface area contributed by atoms with Crippen molar-refractivity contribution >= 4 is 35.2 Å². The number of nitrogen functional groups attached to an aromatic ring is 1. The summed E-state index contributed by atoms with van der Waals surface area (Å²) in [6.45, 7) is 14.6. The Balaban J connectivity index is 1.76. The van der Waals surface area contributed by atoms with Gasteiger partial charge in [-0.05, 0) is 80.8 Å². The Bertz CT molecular complexity index is 1730. The number of carbonyl (C=O) groups is 5. The number of likely N-dealkylation sites (N-methyl/N-ethyl adjacent to an activating group) is 2. The largest absolute Gasteiger partial charge is 0.399 e. The molecule has 1 fully saturated rings. The average Bonchev–Trinajstić information content (AvgIpc) is 3.73. The highest BCUT2D eigenvalue weighted by Crippen LogP contribution is 2.30. The first-order chi connectivity index (χ1) is 29.9. The lowest BCUT2D eigenvalue weighted by Gasteiger charge is -2.41. The van der Waals surface area contributed by atoms with Crippen LogP contribution in [0, 0.1) is 23.7 Å². The molecule has 0 aliphatic carbocycles. The molecule has 1 aliphatic heterocycles. The number of amides is 5. The van der Waals surface area contributed by atoms with E-state index in [0.29, 0.717) is 31.6 Å². The van der Waals surface area contributed by atoms with Gasteiger partial charge >= 0.3 is 0 Å². The lowest BCUT2D eigenvalue weighted by molar-refractivity contribution is -0.148. The van der Waals surface area contributed by atoms with Crippen LogP contribution in [0.3, 0.4) is 0 Å². The van der Waals surface area contributed by atoms with Gasteiger partial charge in [0, 0.05) is 46.5 Å². The maximum atomic E-state index is 14.4. The molecule has 14 nitrogen and oxygen atoms in total. The summed E-state index contributed by atoms with van der Waals surface area (Å²) in [6.07, 6.45) is 2.58. The van der Waals surface area contributed by atoms with E-state index in [1.807, 2.05) is 115 Å². The zero-order valence-corrected chi connectivity index (χ0v) is 40.2. The van der Waals surface area contributed by atoms with Gasteiger partial charge in [-0.2, -0.15) is 0 Å². The zero-order chi connectivity index (χ0) is 47.0. The fraction of sp³-hybridized carbons (Fsp3) is 0.653. The summed E-state index contributed by atoms with van der Waals surface area (Å²) in [6, 6.07) is 14.4. The number of carbonyl (C=O) groups excluding carboxylic acids is 5. The molecule has 9 atom stereocenters. The molecule has 0 radical (unpaired) electrons. The molecule has 1 saturated heterocycles. The molecule has 3 rings (SSSR count). The third kappa shape index (κ3) is 15.0. The summed E-state index contributed by atoms with van der Waals surface area (Å²) in [5.74, 6) is -2.13. The number of rotatable bonds is 25. The molecular weight excluding hydrogens is 799 g/mol. The number of hydrogen-bond acceptors (Lipinski definition) is 9. The van der Waals surface area contributed by atoms with Crippen molar-refractivity contribution in [2.24, 2.45) is 23.7 Å². The molecule has 5 N–H and O–H groups in total.